The Kier molecular flexibility index (Phi) is 5.58. The molecule has 5 nitrogen and oxygen atoms in total. The van der Waals surface area contributed by atoms with Gasteiger partial charge in [-0.05, 0) is 50.6 Å². The number of aryl methyl sites for hydroxylation is 2. The lowest BCUT2D eigenvalue weighted by molar-refractivity contribution is -0.122. The van der Waals surface area contributed by atoms with Gasteiger partial charge in [-0.3, -0.25) is 4.79 Å². The Morgan fingerprint density at radius 2 is 1.83 bits per heavy atom. The molecule has 5 heteroatoms. The zero-order valence-electron chi connectivity index (χ0n) is 14.3. The number of nitrogens with one attached hydrogen (secondary N) is 1. The molecule has 1 unspecified atom stereocenters. The lowest BCUT2D eigenvalue weighted by Gasteiger charge is -2.16. The van der Waals surface area contributed by atoms with Crippen molar-refractivity contribution in [3.8, 4) is 5.75 Å². The van der Waals surface area contributed by atoms with E-state index in [1.54, 1.807) is 31.2 Å². The fraction of sp³-hybridized carbons (Fsp3) is 0.263. The van der Waals surface area contributed by atoms with Crippen molar-refractivity contribution in [2.75, 3.05) is 12.4 Å². The molecule has 0 fully saturated rings. The maximum Gasteiger partial charge on any atom is 0.337 e. The van der Waals surface area contributed by atoms with Crippen molar-refractivity contribution in [1.29, 1.82) is 0 Å². The number of anilines is 1. The van der Waals surface area contributed by atoms with Crippen molar-refractivity contribution in [3.05, 3.63) is 59.2 Å². The van der Waals surface area contributed by atoms with E-state index in [0.717, 1.165) is 16.8 Å². The summed E-state index contributed by atoms with van der Waals surface area (Å²) < 4.78 is 10.3. The number of benzene rings is 2. The van der Waals surface area contributed by atoms with Gasteiger partial charge in [0.1, 0.15) is 5.75 Å². The summed E-state index contributed by atoms with van der Waals surface area (Å²) in [5.74, 6) is -0.278. The molecule has 0 saturated heterocycles. The van der Waals surface area contributed by atoms with Gasteiger partial charge in [0.25, 0.3) is 5.91 Å². The largest absolute Gasteiger partial charge is 0.481 e. The fourth-order valence-corrected chi connectivity index (χ4v) is 2.26. The van der Waals surface area contributed by atoms with E-state index in [-0.39, 0.29) is 5.91 Å². The first-order valence-corrected chi connectivity index (χ1v) is 7.64. The van der Waals surface area contributed by atoms with Crippen LogP contribution in [-0.4, -0.2) is 25.1 Å². The first kappa shape index (κ1) is 17.5. The van der Waals surface area contributed by atoms with E-state index in [1.165, 1.54) is 7.11 Å². The average molecular weight is 327 g/mol. The minimum absolute atomic E-state index is 0.259. The molecule has 0 aliphatic heterocycles. The molecule has 0 aromatic heterocycles. The van der Waals surface area contributed by atoms with Crippen LogP contribution in [0.4, 0.5) is 5.69 Å². The molecule has 2 aromatic rings. The molecular formula is C19H21NO4. The van der Waals surface area contributed by atoms with E-state index >= 15 is 0 Å². The summed E-state index contributed by atoms with van der Waals surface area (Å²) in [5.41, 5.74) is 3.25. The first-order chi connectivity index (χ1) is 11.4. The van der Waals surface area contributed by atoms with E-state index in [1.807, 2.05) is 32.0 Å². The Morgan fingerprint density at radius 1 is 1.08 bits per heavy atom. The summed E-state index contributed by atoms with van der Waals surface area (Å²) in [7, 11) is 1.32. The Bertz CT molecular complexity index is 755. The topological polar surface area (TPSA) is 64.6 Å². The second-order valence-electron chi connectivity index (χ2n) is 5.59. The Morgan fingerprint density at radius 3 is 2.50 bits per heavy atom. The number of ether oxygens (including phenoxy) is 2. The van der Waals surface area contributed by atoms with E-state index in [0.29, 0.717) is 11.3 Å². The lowest BCUT2D eigenvalue weighted by Crippen LogP contribution is -2.30. The normalized spacial score (nSPS) is 11.5. The Hall–Kier alpha value is -2.82. The van der Waals surface area contributed by atoms with E-state index in [2.05, 4.69) is 10.1 Å². The molecule has 0 heterocycles. The third kappa shape index (κ3) is 4.35. The number of carbonyl (C=O) groups is 2. The van der Waals surface area contributed by atoms with Crippen LogP contribution < -0.4 is 10.1 Å². The van der Waals surface area contributed by atoms with Crippen molar-refractivity contribution in [2.24, 2.45) is 0 Å². The monoisotopic (exact) mass is 327 g/mol. The highest BCUT2D eigenvalue weighted by Gasteiger charge is 2.16. The SMILES string of the molecule is COC(=O)c1cccc(OC(C)C(=O)Nc2ccc(C)cc2C)c1. The molecule has 0 radical (unpaired) electrons. The maximum atomic E-state index is 12.3. The molecule has 0 bridgehead atoms. The third-order valence-electron chi connectivity index (χ3n) is 3.58. The predicted molar refractivity (Wildman–Crippen MR) is 92.4 cm³/mol. The summed E-state index contributed by atoms with van der Waals surface area (Å²) >= 11 is 0. The number of hydrogen-bond acceptors (Lipinski definition) is 4. The summed E-state index contributed by atoms with van der Waals surface area (Å²) in [6.45, 7) is 5.59. The summed E-state index contributed by atoms with van der Waals surface area (Å²) in [6.07, 6.45) is -0.710. The van der Waals surface area contributed by atoms with Gasteiger partial charge >= 0.3 is 5.97 Å². The standard InChI is InChI=1S/C19H21NO4/c1-12-8-9-17(13(2)10-12)20-18(21)14(3)24-16-7-5-6-15(11-16)19(22)23-4/h5-11,14H,1-4H3,(H,20,21). The van der Waals surface area contributed by atoms with E-state index < -0.39 is 12.1 Å². The predicted octanol–water partition coefficient (Wildman–Crippen LogP) is 3.50. The Balaban J connectivity index is 2.05. The summed E-state index contributed by atoms with van der Waals surface area (Å²) in [5, 5.41) is 2.85. The zero-order valence-corrected chi connectivity index (χ0v) is 14.3. The van der Waals surface area contributed by atoms with Crippen molar-refractivity contribution in [1.82, 2.24) is 0 Å². The second kappa shape index (κ2) is 7.64. The van der Waals surface area contributed by atoms with Crippen molar-refractivity contribution < 1.29 is 19.1 Å². The number of esters is 1. The molecule has 0 spiro atoms. The van der Waals surface area contributed by atoms with Gasteiger partial charge in [-0.1, -0.05) is 23.8 Å². The number of hydrogen-bond donors (Lipinski definition) is 1. The molecule has 126 valence electrons. The highest BCUT2D eigenvalue weighted by molar-refractivity contribution is 5.95. The number of amides is 1. The van der Waals surface area contributed by atoms with Crippen molar-refractivity contribution >= 4 is 17.6 Å². The van der Waals surface area contributed by atoms with Crippen molar-refractivity contribution in [3.63, 3.8) is 0 Å². The lowest BCUT2D eigenvalue weighted by atomic mass is 10.1. The minimum Gasteiger partial charge on any atom is -0.481 e. The molecular weight excluding hydrogens is 306 g/mol. The van der Waals surface area contributed by atoms with Gasteiger partial charge < -0.3 is 14.8 Å². The van der Waals surface area contributed by atoms with Gasteiger partial charge in [0, 0.05) is 5.69 Å². The molecule has 2 rings (SSSR count). The van der Waals surface area contributed by atoms with Gasteiger partial charge in [-0.2, -0.15) is 0 Å². The molecule has 0 saturated carbocycles. The smallest absolute Gasteiger partial charge is 0.337 e. The Labute approximate surface area is 141 Å². The van der Waals surface area contributed by atoms with E-state index in [9.17, 15) is 9.59 Å². The second-order valence-corrected chi connectivity index (χ2v) is 5.59. The summed E-state index contributed by atoms with van der Waals surface area (Å²) in [6, 6.07) is 12.3. The average Bonchev–Trinajstić information content (AvgIpc) is 2.56. The molecule has 1 amide bonds. The molecule has 1 atom stereocenters. The highest BCUT2D eigenvalue weighted by Crippen LogP contribution is 2.18. The molecule has 2 aromatic carbocycles. The fourth-order valence-electron chi connectivity index (χ4n) is 2.26. The molecule has 0 aliphatic rings. The van der Waals surface area contributed by atoms with Crippen LogP contribution in [0.3, 0.4) is 0 Å². The van der Waals surface area contributed by atoms with Crippen LogP contribution in [0.25, 0.3) is 0 Å². The van der Waals surface area contributed by atoms with Crippen LogP contribution >= 0.6 is 0 Å². The van der Waals surface area contributed by atoms with Gasteiger partial charge in [-0.25, -0.2) is 4.79 Å². The van der Waals surface area contributed by atoms with Gasteiger partial charge in [0.15, 0.2) is 6.10 Å². The molecule has 0 aliphatic carbocycles. The zero-order chi connectivity index (χ0) is 17.7. The van der Waals surface area contributed by atoms with Crippen LogP contribution in [0.2, 0.25) is 0 Å². The molecule has 24 heavy (non-hydrogen) atoms. The van der Waals surface area contributed by atoms with Crippen LogP contribution in [0.15, 0.2) is 42.5 Å². The minimum atomic E-state index is -0.710. The number of methoxy groups -OCH3 is 1. The third-order valence-corrected chi connectivity index (χ3v) is 3.58. The van der Waals surface area contributed by atoms with Crippen LogP contribution in [0, 0.1) is 13.8 Å². The van der Waals surface area contributed by atoms with Crippen LogP contribution in [0.5, 0.6) is 5.75 Å². The highest BCUT2D eigenvalue weighted by atomic mass is 16.5. The van der Waals surface area contributed by atoms with Gasteiger partial charge in [0.05, 0.1) is 12.7 Å². The first-order valence-electron chi connectivity index (χ1n) is 7.64. The van der Waals surface area contributed by atoms with Crippen LogP contribution in [0.1, 0.15) is 28.4 Å². The van der Waals surface area contributed by atoms with Crippen LogP contribution in [-0.2, 0) is 9.53 Å². The van der Waals surface area contributed by atoms with Crippen molar-refractivity contribution in [2.45, 2.75) is 26.9 Å². The van der Waals surface area contributed by atoms with Gasteiger partial charge in [-0.15, -0.1) is 0 Å². The summed E-state index contributed by atoms with van der Waals surface area (Å²) in [4.78, 5) is 23.8. The number of carbonyl (C=O) groups excluding carboxylic acids is 2. The molecule has 1 N–H and O–H groups in total. The number of rotatable bonds is 5. The van der Waals surface area contributed by atoms with E-state index in [4.69, 9.17) is 4.74 Å². The van der Waals surface area contributed by atoms with Gasteiger partial charge in [0.2, 0.25) is 0 Å². The maximum absolute atomic E-state index is 12.3. The quantitative estimate of drug-likeness (QED) is 0.854.